The summed E-state index contributed by atoms with van der Waals surface area (Å²) in [5.74, 6) is 0.184. The average molecular weight is 296 g/mol. The molecule has 1 aromatic heterocycles. The zero-order valence-electron chi connectivity index (χ0n) is 11.7. The molecule has 2 heterocycles. The van der Waals surface area contributed by atoms with Gasteiger partial charge in [0.05, 0.1) is 17.9 Å². The molecule has 0 unspecified atom stereocenters. The number of carbonyl (C=O) groups excluding carboxylic acids is 2. The van der Waals surface area contributed by atoms with Crippen molar-refractivity contribution in [3.63, 3.8) is 0 Å². The van der Waals surface area contributed by atoms with Crippen LogP contribution in [0, 0.1) is 0 Å². The van der Waals surface area contributed by atoms with Crippen LogP contribution < -0.4 is 0 Å². The fourth-order valence-corrected chi connectivity index (χ4v) is 2.96. The number of thiophene rings is 1. The highest BCUT2D eigenvalue weighted by Gasteiger charge is 2.22. The lowest BCUT2D eigenvalue weighted by atomic mass is 10.3. The molecule has 5 nitrogen and oxygen atoms in total. The van der Waals surface area contributed by atoms with E-state index in [1.54, 1.807) is 7.11 Å². The van der Waals surface area contributed by atoms with Gasteiger partial charge in [0.1, 0.15) is 0 Å². The summed E-state index contributed by atoms with van der Waals surface area (Å²) < 4.78 is 4.93. The fourth-order valence-electron chi connectivity index (χ4n) is 2.27. The monoisotopic (exact) mass is 296 g/mol. The van der Waals surface area contributed by atoms with Crippen LogP contribution in [0.25, 0.3) is 0 Å². The van der Waals surface area contributed by atoms with Gasteiger partial charge in [0.2, 0.25) is 5.91 Å². The van der Waals surface area contributed by atoms with Crippen molar-refractivity contribution in [2.24, 2.45) is 0 Å². The van der Waals surface area contributed by atoms with Gasteiger partial charge < -0.3 is 14.5 Å². The van der Waals surface area contributed by atoms with E-state index in [-0.39, 0.29) is 11.8 Å². The number of rotatable bonds is 4. The van der Waals surface area contributed by atoms with E-state index in [1.807, 2.05) is 27.3 Å². The number of hydrogen-bond donors (Lipinski definition) is 0. The van der Waals surface area contributed by atoms with E-state index in [2.05, 4.69) is 0 Å². The normalized spacial score (nSPS) is 16.1. The van der Waals surface area contributed by atoms with Crippen molar-refractivity contribution in [3.8, 4) is 0 Å². The van der Waals surface area contributed by atoms with Crippen LogP contribution in [0.2, 0.25) is 0 Å². The number of hydrogen-bond acceptors (Lipinski definition) is 4. The largest absolute Gasteiger partial charge is 0.384 e. The molecule has 0 N–H and O–H groups in total. The maximum absolute atomic E-state index is 12.3. The van der Waals surface area contributed by atoms with E-state index in [1.165, 1.54) is 11.3 Å². The molecule has 1 aliphatic heterocycles. The molecular formula is C14H20N2O3S. The Labute approximate surface area is 123 Å². The van der Waals surface area contributed by atoms with Crippen molar-refractivity contribution in [1.29, 1.82) is 0 Å². The highest BCUT2D eigenvalue weighted by Crippen LogP contribution is 2.14. The predicted molar refractivity (Wildman–Crippen MR) is 77.9 cm³/mol. The molecule has 0 atom stereocenters. The molecular weight excluding hydrogens is 276 g/mol. The van der Waals surface area contributed by atoms with Gasteiger partial charge in [-0.2, -0.15) is 0 Å². The van der Waals surface area contributed by atoms with E-state index in [9.17, 15) is 9.59 Å². The van der Waals surface area contributed by atoms with Crippen molar-refractivity contribution in [1.82, 2.24) is 9.80 Å². The topological polar surface area (TPSA) is 49.9 Å². The first-order valence-corrected chi connectivity index (χ1v) is 7.70. The smallest absolute Gasteiger partial charge is 0.263 e. The van der Waals surface area contributed by atoms with Crippen molar-refractivity contribution in [2.75, 3.05) is 39.9 Å². The third kappa shape index (κ3) is 3.80. The maximum Gasteiger partial charge on any atom is 0.263 e. The van der Waals surface area contributed by atoms with Gasteiger partial charge in [-0.25, -0.2) is 0 Å². The molecule has 2 rings (SSSR count). The molecule has 0 aromatic carbocycles. The fraction of sp³-hybridized carbons (Fsp3) is 0.571. The van der Waals surface area contributed by atoms with Gasteiger partial charge in [-0.15, -0.1) is 11.3 Å². The molecule has 2 amide bonds. The Kier molecular flexibility index (Phi) is 5.55. The number of nitrogens with zero attached hydrogens (tertiary/aromatic N) is 2. The Balaban J connectivity index is 1.89. The summed E-state index contributed by atoms with van der Waals surface area (Å²) in [6, 6.07) is 3.73. The third-order valence-corrected chi connectivity index (χ3v) is 4.25. The Morgan fingerprint density at radius 1 is 1.25 bits per heavy atom. The maximum atomic E-state index is 12.3. The second-order valence-corrected chi connectivity index (χ2v) is 5.69. The Bertz CT molecular complexity index is 447. The zero-order valence-corrected chi connectivity index (χ0v) is 12.5. The molecule has 20 heavy (non-hydrogen) atoms. The second kappa shape index (κ2) is 7.40. The van der Waals surface area contributed by atoms with Gasteiger partial charge in [0.15, 0.2) is 0 Å². The SMILES string of the molecule is COCCC(=O)N1CCCN(C(=O)c2cccs2)CC1. The molecule has 1 aliphatic rings. The number of amides is 2. The minimum Gasteiger partial charge on any atom is -0.384 e. The van der Waals surface area contributed by atoms with E-state index >= 15 is 0 Å². The van der Waals surface area contributed by atoms with Gasteiger partial charge in [0.25, 0.3) is 5.91 Å². The quantitative estimate of drug-likeness (QED) is 0.845. The van der Waals surface area contributed by atoms with Crippen LogP contribution >= 0.6 is 11.3 Å². The van der Waals surface area contributed by atoms with Gasteiger partial charge in [-0.3, -0.25) is 9.59 Å². The van der Waals surface area contributed by atoms with Crippen molar-refractivity contribution in [2.45, 2.75) is 12.8 Å². The van der Waals surface area contributed by atoms with Gasteiger partial charge >= 0.3 is 0 Å². The van der Waals surface area contributed by atoms with E-state index in [4.69, 9.17) is 4.74 Å². The first-order chi connectivity index (χ1) is 9.72. The summed E-state index contributed by atoms with van der Waals surface area (Å²) in [6.45, 7) is 3.10. The molecule has 6 heteroatoms. The van der Waals surface area contributed by atoms with Gasteiger partial charge in [0, 0.05) is 33.3 Å². The molecule has 0 saturated carbocycles. The zero-order chi connectivity index (χ0) is 14.4. The molecule has 0 aliphatic carbocycles. The standard InChI is InChI=1S/C14H20N2O3S/c1-19-10-5-13(17)15-6-3-7-16(9-8-15)14(18)12-4-2-11-20-12/h2,4,11H,3,5-10H2,1H3. The summed E-state index contributed by atoms with van der Waals surface area (Å²) in [5.41, 5.74) is 0. The molecule has 1 fully saturated rings. The Morgan fingerprint density at radius 3 is 2.70 bits per heavy atom. The molecule has 1 aromatic rings. The summed E-state index contributed by atoms with van der Waals surface area (Å²) >= 11 is 1.46. The van der Waals surface area contributed by atoms with Gasteiger partial charge in [-0.05, 0) is 17.9 Å². The minimum absolute atomic E-state index is 0.0752. The lowest BCUT2D eigenvalue weighted by Crippen LogP contribution is -2.37. The molecule has 1 saturated heterocycles. The molecule has 0 spiro atoms. The van der Waals surface area contributed by atoms with Crippen molar-refractivity contribution < 1.29 is 14.3 Å². The predicted octanol–water partition coefficient (Wildman–Crippen LogP) is 1.46. The summed E-state index contributed by atoms with van der Waals surface area (Å²) in [7, 11) is 1.59. The first kappa shape index (κ1) is 15.0. The van der Waals surface area contributed by atoms with Crippen molar-refractivity contribution >= 4 is 23.2 Å². The van der Waals surface area contributed by atoms with Crippen LogP contribution in [0.1, 0.15) is 22.5 Å². The number of ether oxygens (including phenoxy) is 1. The summed E-state index contributed by atoms with van der Waals surface area (Å²) in [4.78, 5) is 28.7. The van der Waals surface area contributed by atoms with Crippen LogP contribution in [-0.4, -0.2) is 61.5 Å². The molecule has 110 valence electrons. The number of carbonyl (C=O) groups is 2. The molecule has 0 radical (unpaired) electrons. The van der Waals surface area contributed by atoms with E-state index in [0.29, 0.717) is 32.7 Å². The van der Waals surface area contributed by atoms with Crippen LogP contribution in [0.15, 0.2) is 17.5 Å². The summed E-state index contributed by atoms with van der Waals surface area (Å²) in [5, 5.41) is 1.91. The van der Waals surface area contributed by atoms with Crippen molar-refractivity contribution in [3.05, 3.63) is 22.4 Å². The highest BCUT2D eigenvalue weighted by atomic mass is 32.1. The van der Waals surface area contributed by atoms with Crippen LogP contribution in [-0.2, 0) is 9.53 Å². The Morgan fingerprint density at radius 2 is 2.00 bits per heavy atom. The van der Waals surface area contributed by atoms with Crippen LogP contribution in [0.3, 0.4) is 0 Å². The van der Waals surface area contributed by atoms with E-state index in [0.717, 1.165) is 17.8 Å². The minimum atomic E-state index is 0.0752. The second-order valence-electron chi connectivity index (χ2n) is 4.75. The van der Waals surface area contributed by atoms with Crippen LogP contribution in [0.5, 0.6) is 0 Å². The average Bonchev–Trinajstić information content (AvgIpc) is 2.88. The summed E-state index contributed by atoms with van der Waals surface area (Å²) in [6.07, 6.45) is 1.24. The molecule has 0 bridgehead atoms. The lowest BCUT2D eigenvalue weighted by Gasteiger charge is -2.21. The number of methoxy groups -OCH3 is 1. The third-order valence-electron chi connectivity index (χ3n) is 3.39. The first-order valence-electron chi connectivity index (χ1n) is 6.82. The van der Waals surface area contributed by atoms with Gasteiger partial charge in [-0.1, -0.05) is 6.07 Å². The van der Waals surface area contributed by atoms with E-state index < -0.39 is 0 Å². The Hall–Kier alpha value is -1.40. The lowest BCUT2D eigenvalue weighted by molar-refractivity contribution is -0.132. The highest BCUT2D eigenvalue weighted by molar-refractivity contribution is 7.12. The van der Waals surface area contributed by atoms with Crippen LogP contribution in [0.4, 0.5) is 0 Å².